The SMILES string of the molecule is C[C@@H](c1cc2cccc(Cl)c2c(CCN2CCOCC2)n1)N1C=CSC1. The third-order valence-corrected chi connectivity index (χ3v) is 6.24. The molecule has 2 aromatic rings. The number of halogens is 1. The molecule has 0 aliphatic carbocycles. The van der Waals surface area contributed by atoms with Crippen molar-refractivity contribution in [3.63, 3.8) is 0 Å². The van der Waals surface area contributed by atoms with Gasteiger partial charge >= 0.3 is 0 Å². The Morgan fingerprint density at radius 1 is 1.31 bits per heavy atom. The van der Waals surface area contributed by atoms with Gasteiger partial charge in [-0.25, -0.2) is 0 Å². The zero-order valence-electron chi connectivity index (χ0n) is 15.0. The van der Waals surface area contributed by atoms with E-state index in [-0.39, 0.29) is 6.04 Å². The fourth-order valence-electron chi connectivity index (χ4n) is 3.56. The Kier molecular flexibility index (Phi) is 5.69. The molecule has 0 bridgehead atoms. The van der Waals surface area contributed by atoms with Crippen molar-refractivity contribution in [3.05, 3.63) is 52.3 Å². The number of benzene rings is 1. The summed E-state index contributed by atoms with van der Waals surface area (Å²) in [4.78, 5) is 9.84. The van der Waals surface area contributed by atoms with Gasteiger partial charge in [-0.3, -0.25) is 9.88 Å². The molecule has 6 heteroatoms. The number of rotatable bonds is 5. The van der Waals surface area contributed by atoms with Gasteiger partial charge < -0.3 is 9.64 Å². The lowest BCUT2D eigenvalue weighted by Crippen LogP contribution is -2.37. The van der Waals surface area contributed by atoms with Gasteiger partial charge in [0, 0.05) is 37.6 Å². The van der Waals surface area contributed by atoms with Crippen molar-refractivity contribution >= 4 is 34.1 Å². The summed E-state index contributed by atoms with van der Waals surface area (Å²) in [5.41, 5.74) is 2.22. The smallest absolute Gasteiger partial charge is 0.0689 e. The molecular formula is C20H24ClN3OS. The second-order valence-corrected chi connectivity index (χ2v) is 8.08. The molecule has 0 radical (unpaired) electrons. The lowest BCUT2D eigenvalue weighted by atomic mass is 10.0. The maximum atomic E-state index is 6.54. The van der Waals surface area contributed by atoms with Gasteiger partial charge in [0.15, 0.2) is 0 Å². The van der Waals surface area contributed by atoms with Crippen LogP contribution in [0.25, 0.3) is 10.8 Å². The number of hydrogen-bond donors (Lipinski definition) is 0. The van der Waals surface area contributed by atoms with Gasteiger partial charge in [0.2, 0.25) is 0 Å². The molecule has 138 valence electrons. The van der Waals surface area contributed by atoms with Crippen LogP contribution in [0.3, 0.4) is 0 Å². The highest BCUT2D eigenvalue weighted by Gasteiger charge is 2.19. The molecule has 26 heavy (non-hydrogen) atoms. The molecule has 0 unspecified atom stereocenters. The molecule has 0 saturated carbocycles. The minimum atomic E-state index is 0.256. The first-order valence-electron chi connectivity index (χ1n) is 9.14. The van der Waals surface area contributed by atoms with Crippen molar-refractivity contribution in [1.29, 1.82) is 0 Å². The molecule has 2 aliphatic rings. The van der Waals surface area contributed by atoms with Gasteiger partial charge in [-0.1, -0.05) is 23.7 Å². The fourth-order valence-corrected chi connectivity index (χ4v) is 4.66. The van der Waals surface area contributed by atoms with Crippen LogP contribution in [0.15, 0.2) is 35.9 Å². The maximum Gasteiger partial charge on any atom is 0.0689 e. The number of hydrogen-bond acceptors (Lipinski definition) is 5. The van der Waals surface area contributed by atoms with Crippen LogP contribution in [-0.2, 0) is 11.2 Å². The standard InChI is InChI=1S/C20H24ClN3OS/c1-15(24-9-12-26-14-24)19-13-16-3-2-4-17(21)20(16)18(22-19)5-6-23-7-10-25-11-8-23/h2-4,9,12-13,15H,5-8,10-11,14H2,1H3/t15-/m0/s1. The zero-order chi connectivity index (χ0) is 17.9. The van der Waals surface area contributed by atoms with E-state index in [0.717, 1.165) is 66.9 Å². The number of ether oxygens (including phenoxy) is 1. The highest BCUT2D eigenvalue weighted by atomic mass is 35.5. The normalized spacial score (nSPS) is 19.4. The molecule has 1 atom stereocenters. The first kappa shape index (κ1) is 18.1. The molecule has 1 aromatic carbocycles. The summed E-state index contributed by atoms with van der Waals surface area (Å²) in [6, 6.07) is 8.59. The molecule has 1 saturated heterocycles. The molecule has 0 N–H and O–H groups in total. The number of nitrogens with zero attached hydrogens (tertiary/aromatic N) is 3. The van der Waals surface area contributed by atoms with Crippen molar-refractivity contribution < 1.29 is 4.74 Å². The van der Waals surface area contributed by atoms with E-state index in [1.807, 2.05) is 23.9 Å². The molecule has 2 aliphatic heterocycles. The van der Waals surface area contributed by atoms with Crippen LogP contribution in [0.5, 0.6) is 0 Å². The predicted molar refractivity (Wildman–Crippen MR) is 110 cm³/mol. The van der Waals surface area contributed by atoms with Crippen molar-refractivity contribution in [2.24, 2.45) is 0 Å². The summed E-state index contributed by atoms with van der Waals surface area (Å²) >= 11 is 8.37. The van der Waals surface area contributed by atoms with E-state index in [1.165, 1.54) is 5.39 Å². The van der Waals surface area contributed by atoms with E-state index >= 15 is 0 Å². The van der Waals surface area contributed by atoms with Crippen LogP contribution in [0.2, 0.25) is 5.02 Å². The number of fused-ring (bicyclic) bond motifs is 1. The molecule has 4 rings (SSSR count). The Hall–Kier alpha value is -1.27. The van der Waals surface area contributed by atoms with E-state index in [4.69, 9.17) is 21.3 Å². The molecule has 0 spiro atoms. The van der Waals surface area contributed by atoms with Gasteiger partial charge in [-0.15, -0.1) is 11.8 Å². The second kappa shape index (κ2) is 8.17. The quantitative estimate of drug-likeness (QED) is 0.760. The largest absolute Gasteiger partial charge is 0.379 e. The topological polar surface area (TPSA) is 28.6 Å². The van der Waals surface area contributed by atoms with Crippen LogP contribution in [0, 0.1) is 0 Å². The number of thioether (sulfide) groups is 1. The van der Waals surface area contributed by atoms with Gasteiger partial charge in [-0.2, -0.15) is 0 Å². The average molecular weight is 390 g/mol. The Labute approximate surface area is 164 Å². The summed E-state index contributed by atoms with van der Waals surface area (Å²) < 4.78 is 5.46. The van der Waals surface area contributed by atoms with E-state index in [2.05, 4.69) is 40.5 Å². The first-order chi connectivity index (χ1) is 12.7. The first-order valence-corrected chi connectivity index (χ1v) is 10.6. The monoisotopic (exact) mass is 389 g/mol. The van der Waals surface area contributed by atoms with Gasteiger partial charge in [-0.05, 0) is 29.9 Å². The molecule has 1 fully saturated rings. The van der Waals surface area contributed by atoms with E-state index < -0.39 is 0 Å². The predicted octanol–water partition coefficient (Wildman–Crippen LogP) is 4.30. The molecular weight excluding hydrogens is 366 g/mol. The summed E-state index contributed by atoms with van der Waals surface area (Å²) in [6.07, 6.45) is 3.07. The van der Waals surface area contributed by atoms with E-state index in [9.17, 15) is 0 Å². The highest BCUT2D eigenvalue weighted by Crippen LogP contribution is 2.32. The van der Waals surface area contributed by atoms with Crippen molar-refractivity contribution in [2.75, 3.05) is 38.7 Å². The van der Waals surface area contributed by atoms with Crippen LogP contribution < -0.4 is 0 Å². The highest BCUT2D eigenvalue weighted by molar-refractivity contribution is 8.02. The third-order valence-electron chi connectivity index (χ3n) is 5.17. The molecule has 0 amide bonds. The van der Waals surface area contributed by atoms with Crippen LogP contribution >= 0.6 is 23.4 Å². The Balaban J connectivity index is 1.65. The second-order valence-electron chi connectivity index (χ2n) is 6.81. The van der Waals surface area contributed by atoms with Crippen LogP contribution in [0.4, 0.5) is 0 Å². The van der Waals surface area contributed by atoms with Gasteiger partial charge in [0.25, 0.3) is 0 Å². The molecule has 4 nitrogen and oxygen atoms in total. The van der Waals surface area contributed by atoms with Gasteiger partial charge in [0.1, 0.15) is 0 Å². The minimum absolute atomic E-state index is 0.256. The Morgan fingerprint density at radius 2 is 2.15 bits per heavy atom. The fraction of sp³-hybridized carbons (Fsp3) is 0.450. The van der Waals surface area contributed by atoms with Crippen molar-refractivity contribution in [3.8, 4) is 0 Å². The summed E-state index contributed by atoms with van der Waals surface area (Å²) in [7, 11) is 0. The lowest BCUT2D eigenvalue weighted by Gasteiger charge is -2.27. The number of morpholine rings is 1. The summed E-state index contributed by atoms with van der Waals surface area (Å²) in [6.45, 7) is 6.86. The average Bonchev–Trinajstić information content (AvgIpc) is 3.21. The number of pyridine rings is 1. The maximum absolute atomic E-state index is 6.54. The van der Waals surface area contributed by atoms with Crippen LogP contribution in [0.1, 0.15) is 24.4 Å². The zero-order valence-corrected chi connectivity index (χ0v) is 16.6. The lowest BCUT2D eigenvalue weighted by molar-refractivity contribution is 0.0384. The number of aromatic nitrogens is 1. The van der Waals surface area contributed by atoms with Gasteiger partial charge in [0.05, 0.1) is 41.5 Å². The Bertz CT molecular complexity index is 807. The van der Waals surface area contributed by atoms with Crippen LogP contribution in [-0.4, -0.2) is 53.5 Å². The summed E-state index contributed by atoms with van der Waals surface area (Å²) in [5.74, 6) is 0.986. The van der Waals surface area contributed by atoms with Crippen molar-refractivity contribution in [2.45, 2.75) is 19.4 Å². The molecule has 1 aromatic heterocycles. The summed E-state index contributed by atoms with van der Waals surface area (Å²) in [5, 5.41) is 5.22. The van der Waals surface area contributed by atoms with E-state index in [1.54, 1.807) is 0 Å². The molecule has 3 heterocycles. The third kappa shape index (κ3) is 3.86. The van der Waals surface area contributed by atoms with Crippen molar-refractivity contribution in [1.82, 2.24) is 14.8 Å². The minimum Gasteiger partial charge on any atom is -0.379 e. The Morgan fingerprint density at radius 3 is 2.92 bits per heavy atom. The van der Waals surface area contributed by atoms with E-state index in [0.29, 0.717) is 0 Å².